The van der Waals surface area contributed by atoms with Crippen molar-refractivity contribution in [3.05, 3.63) is 35.4 Å². The van der Waals surface area contributed by atoms with Crippen molar-refractivity contribution in [3.8, 4) is 0 Å². The van der Waals surface area contributed by atoms with Crippen LogP contribution in [0.25, 0.3) is 0 Å². The Bertz CT molecular complexity index is 427. The molecule has 19 heavy (non-hydrogen) atoms. The lowest BCUT2D eigenvalue weighted by atomic mass is 9.99. The van der Waals surface area contributed by atoms with Gasteiger partial charge in [-0.15, -0.1) is 0 Å². The Kier molecular flexibility index (Phi) is 5.17. The number of hydrogen-bond donors (Lipinski definition) is 1. The van der Waals surface area contributed by atoms with Crippen molar-refractivity contribution < 1.29 is 4.21 Å². The van der Waals surface area contributed by atoms with Crippen LogP contribution in [0.3, 0.4) is 0 Å². The van der Waals surface area contributed by atoms with Gasteiger partial charge in [-0.2, -0.15) is 0 Å². The highest BCUT2D eigenvalue weighted by Crippen LogP contribution is 2.20. The van der Waals surface area contributed by atoms with Crippen LogP contribution < -0.4 is 5.32 Å². The van der Waals surface area contributed by atoms with Crippen molar-refractivity contribution >= 4 is 10.8 Å². The fraction of sp³-hybridized carbons (Fsp3) is 0.625. The zero-order chi connectivity index (χ0) is 13.8. The van der Waals surface area contributed by atoms with Gasteiger partial charge in [0.05, 0.1) is 0 Å². The van der Waals surface area contributed by atoms with E-state index in [9.17, 15) is 4.21 Å². The predicted octanol–water partition coefficient (Wildman–Crippen LogP) is 3.06. The van der Waals surface area contributed by atoms with Crippen molar-refractivity contribution in [2.45, 2.75) is 45.7 Å². The fourth-order valence-corrected chi connectivity index (χ4v) is 4.05. The van der Waals surface area contributed by atoms with Gasteiger partial charge in [0.25, 0.3) is 0 Å². The van der Waals surface area contributed by atoms with E-state index in [1.54, 1.807) is 0 Å². The molecule has 106 valence electrons. The molecular formula is C16H25NOS. The molecule has 3 atom stereocenters. The van der Waals surface area contributed by atoms with Gasteiger partial charge in [0.2, 0.25) is 0 Å². The van der Waals surface area contributed by atoms with E-state index in [-0.39, 0.29) is 6.04 Å². The Morgan fingerprint density at radius 1 is 1.32 bits per heavy atom. The number of benzene rings is 1. The maximum Gasteiger partial charge on any atom is 0.0438 e. The van der Waals surface area contributed by atoms with E-state index in [4.69, 9.17) is 0 Å². The monoisotopic (exact) mass is 279 g/mol. The van der Waals surface area contributed by atoms with E-state index < -0.39 is 10.8 Å². The van der Waals surface area contributed by atoms with Gasteiger partial charge in [0, 0.05) is 34.4 Å². The summed E-state index contributed by atoms with van der Waals surface area (Å²) in [5, 5.41) is 3.59. The topological polar surface area (TPSA) is 29.1 Å². The van der Waals surface area contributed by atoms with Gasteiger partial charge in [-0.1, -0.05) is 38.1 Å². The van der Waals surface area contributed by atoms with Crippen LogP contribution in [0.5, 0.6) is 0 Å². The molecule has 0 radical (unpaired) electrons. The first-order valence-electron chi connectivity index (χ1n) is 7.24. The average molecular weight is 279 g/mol. The minimum Gasteiger partial charge on any atom is -0.307 e. The third-order valence-corrected chi connectivity index (χ3v) is 5.04. The normalized spacial score (nSPS) is 28.3. The van der Waals surface area contributed by atoms with Crippen molar-refractivity contribution in [1.82, 2.24) is 5.32 Å². The summed E-state index contributed by atoms with van der Waals surface area (Å²) in [6.45, 7) is 6.67. The molecule has 0 saturated carbocycles. The van der Waals surface area contributed by atoms with Crippen LogP contribution in [0.4, 0.5) is 0 Å². The minimum absolute atomic E-state index is 0.242. The lowest BCUT2D eigenvalue weighted by Crippen LogP contribution is -2.30. The molecule has 0 bridgehead atoms. The highest BCUT2D eigenvalue weighted by Gasteiger charge is 2.21. The first kappa shape index (κ1) is 14.7. The van der Waals surface area contributed by atoms with E-state index in [1.165, 1.54) is 11.1 Å². The average Bonchev–Trinajstić information content (AvgIpc) is 2.51. The van der Waals surface area contributed by atoms with E-state index in [0.717, 1.165) is 24.3 Å². The molecule has 1 aliphatic heterocycles. The van der Waals surface area contributed by atoms with Gasteiger partial charge in [-0.05, 0) is 36.8 Å². The molecule has 1 saturated heterocycles. The fourth-order valence-electron chi connectivity index (χ4n) is 2.60. The van der Waals surface area contributed by atoms with E-state index >= 15 is 0 Å². The van der Waals surface area contributed by atoms with Crippen LogP contribution in [-0.2, 0) is 17.2 Å². The number of rotatable bonds is 3. The van der Waals surface area contributed by atoms with E-state index in [0.29, 0.717) is 12.0 Å². The Balaban J connectivity index is 2.09. The van der Waals surface area contributed by atoms with Gasteiger partial charge in [0.15, 0.2) is 0 Å². The molecule has 1 fully saturated rings. The summed E-state index contributed by atoms with van der Waals surface area (Å²) in [6.07, 6.45) is 2.13. The quantitative estimate of drug-likeness (QED) is 0.921. The molecule has 1 aromatic carbocycles. The van der Waals surface area contributed by atoms with Crippen molar-refractivity contribution in [2.24, 2.45) is 5.92 Å². The van der Waals surface area contributed by atoms with Crippen LogP contribution in [0, 0.1) is 5.92 Å². The second-order valence-corrected chi connectivity index (χ2v) is 7.68. The second kappa shape index (κ2) is 6.67. The van der Waals surface area contributed by atoms with Gasteiger partial charge in [-0.3, -0.25) is 4.21 Å². The van der Waals surface area contributed by atoms with Crippen LogP contribution in [0.1, 0.15) is 44.4 Å². The van der Waals surface area contributed by atoms with Crippen molar-refractivity contribution in [3.63, 3.8) is 0 Å². The summed E-state index contributed by atoms with van der Waals surface area (Å²) in [6, 6.07) is 9.53. The molecule has 0 amide bonds. The molecule has 0 aliphatic carbocycles. The van der Waals surface area contributed by atoms with Gasteiger partial charge in [-0.25, -0.2) is 0 Å². The van der Waals surface area contributed by atoms with Gasteiger partial charge < -0.3 is 5.32 Å². The standard InChI is InChI=1S/C16H25NOS/c1-12(2)10-14-4-6-15(7-5-14)16-11-19(18)9-8-13(3)17-16/h4-7,12-13,16-17H,8-11H2,1-3H3. The van der Waals surface area contributed by atoms with E-state index in [1.807, 2.05) is 0 Å². The van der Waals surface area contributed by atoms with Gasteiger partial charge >= 0.3 is 0 Å². The number of hydrogen-bond acceptors (Lipinski definition) is 2. The van der Waals surface area contributed by atoms with Crippen LogP contribution in [0.2, 0.25) is 0 Å². The van der Waals surface area contributed by atoms with E-state index in [2.05, 4.69) is 50.4 Å². The smallest absolute Gasteiger partial charge is 0.0438 e. The molecule has 1 aliphatic rings. The maximum atomic E-state index is 11.9. The third kappa shape index (κ3) is 4.43. The van der Waals surface area contributed by atoms with Crippen LogP contribution in [-0.4, -0.2) is 21.8 Å². The largest absolute Gasteiger partial charge is 0.307 e. The summed E-state index contributed by atoms with van der Waals surface area (Å²) < 4.78 is 11.9. The highest BCUT2D eigenvalue weighted by molar-refractivity contribution is 7.85. The molecule has 3 heteroatoms. The molecule has 2 rings (SSSR count). The SMILES string of the molecule is CC(C)Cc1ccc(C2CS(=O)CCC(C)N2)cc1. The molecule has 3 unspecified atom stereocenters. The van der Waals surface area contributed by atoms with Gasteiger partial charge in [0.1, 0.15) is 0 Å². The second-order valence-electron chi connectivity index (χ2n) is 6.06. The first-order valence-corrected chi connectivity index (χ1v) is 8.73. The Labute approximate surface area is 119 Å². The Morgan fingerprint density at radius 2 is 2.00 bits per heavy atom. The summed E-state index contributed by atoms with van der Waals surface area (Å²) in [7, 11) is -0.686. The zero-order valence-electron chi connectivity index (χ0n) is 12.2. The van der Waals surface area contributed by atoms with Crippen molar-refractivity contribution in [2.75, 3.05) is 11.5 Å². The number of nitrogens with one attached hydrogen (secondary N) is 1. The predicted molar refractivity (Wildman–Crippen MR) is 82.8 cm³/mol. The van der Waals surface area contributed by atoms with Crippen LogP contribution in [0.15, 0.2) is 24.3 Å². The minimum atomic E-state index is -0.686. The highest BCUT2D eigenvalue weighted by atomic mass is 32.2. The molecule has 0 aromatic heterocycles. The summed E-state index contributed by atoms with van der Waals surface area (Å²) in [5.41, 5.74) is 2.66. The lowest BCUT2D eigenvalue weighted by Gasteiger charge is -2.20. The van der Waals surface area contributed by atoms with Crippen LogP contribution >= 0.6 is 0 Å². The molecule has 1 heterocycles. The third-order valence-electron chi connectivity index (χ3n) is 3.64. The first-order chi connectivity index (χ1) is 9.04. The maximum absolute atomic E-state index is 11.9. The Hall–Kier alpha value is -0.670. The molecule has 0 spiro atoms. The molecule has 2 nitrogen and oxygen atoms in total. The lowest BCUT2D eigenvalue weighted by molar-refractivity contribution is 0.484. The Morgan fingerprint density at radius 3 is 2.63 bits per heavy atom. The summed E-state index contributed by atoms with van der Waals surface area (Å²) >= 11 is 0. The molecular weight excluding hydrogens is 254 g/mol. The molecule has 1 aromatic rings. The van der Waals surface area contributed by atoms with Crippen molar-refractivity contribution in [1.29, 1.82) is 0 Å². The summed E-state index contributed by atoms with van der Waals surface area (Å²) in [5.74, 6) is 2.26. The summed E-state index contributed by atoms with van der Waals surface area (Å²) in [4.78, 5) is 0. The molecule has 1 N–H and O–H groups in total. The zero-order valence-corrected chi connectivity index (χ0v) is 13.0.